The summed E-state index contributed by atoms with van der Waals surface area (Å²) >= 11 is 0. The molecule has 0 bridgehead atoms. The van der Waals surface area contributed by atoms with E-state index in [1.54, 1.807) is 0 Å². The molecule has 0 aliphatic rings. The zero-order valence-corrected chi connectivity index (χ0v) is 10.7. The van der Waals surface area contributed by atoms with Gasteiger partial charge in [-0.3, -0.25) is 9.59 Å². The predicted molar refractivity (Wildman–Crippen MR) is 63.7 cm³/mol. The highest BCUT2D eigenvalue weighted by Crippen LogP contribution is 1.94. The Labute approximate surface area is 106 Å². The Bertz CT molecular complexity index is 254. The molecular weight excluding hydrogens is 240 g/mol. The van der Waals surface area contributed by atoms with Crippen molar-refractivity contribution in [2.75, 3.05) is 13.2 Å². The highest BCUT2D eigenvalue weighted by atomic mass is 16.5. The van der Waals surface area contributed by atoms with Gasteiger partial charge in [-0.25, -0.2) is 0 Å². The summed E-state index contributed by atoms with van der Waals surface area (Å²) in [5.74, 6) is -0.971. The van der Waals surface area contributed by atoms with Gasteiger partial charge in [0, 0.05) is 0 Å². The zero-order valence-electron chi connectivity index (χ0n) is 10.7. The lowest BCUT2D eigenvalue weighted by Crippen LogP contribution is -2.13. The van der Waals surface area contributed by atoms with Crippen molar-refractivity contribution >= 4 is 11.9 Å². The lowest BCUT2D eigenvalue weighted by atomic mass is 10.3. The zero-order chi connectivity index (χ0) is 14.0. The predicted octanol–water partition coefficient (Wildman–Crippen LogP) is 0.171. The Hall–Kier alpha value is -1.40. The number of carbonyl (C=O) groups excluding carboxylic acids is 2. The molecule has 0 aliphatic heterocycles. The van der Waals surface area contributed by atoms with Crippen molar-refractivity contribution in [2.45, 2.75) is 38.9 Å². The van der Waals surface area contributed by atoms with E-state index >= 15 is 0 Å². The van der Waals surface area contributed by atoms with Crippen molar-refractivity contribution < 1.29 is 29.3 Å². The molecule has 0 aromatic heterocycles. The summed E-state index contributed by atoms with van der Waals surface area (Å²) in [6.45, 7) is 3.14. The third-order valence-electron chi connectivity index (χ3n) is 1.77. The maximum Gasteiger partial charge on any atom is 0.308 e. The number of esters is 2. The summed E-state index contributed by atoms with van der Waals surface area (Å²) in [6, 6.07) is 0. The van der Waals surface area contributed by atoms with Crippen LogP contribution in [0.5, 0.6) is 0 Å². The van der Waals surface area contributed by atoms with Crippen LogP contribution in [0.3, 0.4) is 0 Å². The number of aliphatic hydroxyl groups is 2. The molecule has 0 radical (unpaired) electrons. The van der Waals surface area contributed by atoms with Crippen LogP contribution in [0.1, 0.15) is 26.7 Å². The molecule has 0 heterocycles. The summed E-state index contributed by atoms with van der Waals surface area (Å²) in [4.78, 5) is 22.0. The second kappa shape index (κ2) is 9.61. The molecule has 0 saturated heterocycles. The quantitative estimate of drug-likeness (QED) is 0.477. The third-order valence-corrected chi connectivity index (χ3v) is 1.77. The Balaban J connectivity index is 3.55. The molecule has 18 heavy (non-hydrogen) atoms. The monoisotopic (exact) mass is 260 g/mol. The van der Waals surface area contributed by atoms with Gasteiger partial charge in [0.2, 0.25) is 0 Å². The van der Waals surface area contributed by atoms with E-state index < -0.39 is 24.1 Å². The summed E-state index contributed by atoms with van der Waals surface area (Å²) < 4.78 is 9.52. The summed E-state index contributed by atoms with van der Waals surface area (Å²) in [6.07, 6.45) is 1.55. The van der Waals surface area contributed by atoms with Crippen molar-refractivity contribution in [1.82, 2.24) is 0 Å². The maximum absolute atomic E-state index is 11.0. The van der Waals surface area contributed by atoms with Gasteiger partial charge in [-0.15, -0.1) is 0 Å². The average Bonchev–Trinajstić information content (AvgIpc) is 2.20. The van der Waals surface area contributed by atoms with E-state index in [1.165, 1.54) is 26.0 Å². The van der Waals surface area contributed by atoms with Gasteiger partial charge in [0.1, 0.15) is 13.2 Å². The summed E-state index contributed by atoms with van der Waals surface area (Å²) in [5, 5.41) is 17.8. The summed E-state index contributed by atoms with van der Waals surface area (Å²) in [7, 11) is 0. The van der Waals surface area contributed by atoms with E-state index in [9.17, 15) is 9.59 Å². The highest BCUT2D eigenvalue weighted by molar-refractivity contribution is 5.70. The van der Waals surface area contributed by atoms with Crippen LogP contribution >= 0.6 is 0 Å². The number of rotatable bonds is 8. The lowest BCUT2D eigenvalue weighted by molar-refractivity contribution is -0.145. The smallest absolute Gasteiger partial charge is 0.308 e. The minimum atomic E-state index is -0.720. The van der Waals surface area contributed by atoms with Gasteiger partial charge >= 0.3 is 11.9 Å². The topological polar surface area (TPSA) is 93.1 Å². The van der Waals surface area contributed by atoms with E-state index in [0.717, 1.165) is 0 Å². The molecule has 104 valence electrons. The molecule has 0 aromatic rings. The largest absolute Gasteiger partial charge is 0.461 e. The van der Waals surface area contributed by atoms with Crippen LogP contribution in [-0.4, -0.2) is 47.6 Å². The molecule has 2 unspecified atom stereocenters. The maximum atomic E-state index is 11.0. The number of carbonyl (C=O) groups is 2. The van der Waals surface area contributed by atoms with Gasteiger partial charge in [-0.05, 0) is 26.0 Å². The van der Waals surface area contributed by atoms with Crippen molar-refractivity contribution in [3.63, 3.8) is 0 Å². The molecule has 0 saturated carbocycles. The number of hydrogen-bond donors (Lipinski definition) is 2. The number of aliphatic hydroxyl groups excluding tert-OH is 2. The first-order valence-electron chi connectivity index (χ1n) is 5.74. The second-order valence-electron chi connectivity index (χ2n) is 3.94. The Kier molecular flexibility index (Phi) is 8.86. The van der Waals surface area contributed by atoms with E-state index in [2.05, 4.69) is 0 Å². The SMILES string of the molecule is CC(O)CC(=O)OCC=CCOC(=O)CC(C)O. The van der Waals surface area contributed by atoms with Crippen LogP contribution in [0.2, 0.25) is 0 Å². The van der Waals surface area contributed by atoms with Gasteiger partial charge in [0.15, 0.2) is 0 Å². The van der Waals surface area contributed by atoms with Crippen molar-refractivity contribution in [3.05, 3.63) is 12.2 Å². The fourth-order valence-electron chi connectivity index (χ4n) is 1.02. The van der Waals surface area contributed by atoms with Crippen LogP contribution in [0.4, 0.5) is 0 Å². The molecule has 6 heteroatoms. The molecule has 0 spiro atoms. The number of ether oxygens (including phenoxy) is 2. The first-order valence-corrected chi connectivity index (χ1v) is 5.74. The van der Waals surface area contributed by atoms with Crippen molar-refractivity contribution in [3.8, 4) is 0 Å². The summed E-state index contributed by atoms with van der Waals surface area (Å²) in [5.41, 5.74) is 0. The second-order valence-corrected chi connectivity index (χ2v) is 3.94. The number of hydrogen-bond acceptors (Lipinski definition) is 6. The van der Waals surface area contributed by atoms with Crippen LogP contribution < -0.4 is 0 Å². The Morgan fingerprint density at radius 1 is 0.944 bits per heavy atom. The lowest BCUT2D eigenvalue weighted by Gasteiger charge is -2.04. The fraction of sp³-hybridized carbons (Fsp3) is 0.667. The van der Waals surface area contributed by atoms with Crippen molar-refractivity contribution in [1.29, 1.82) is 0 Å². The molecule has 0 rings (SSSR count). The minimum absolute atomic E-state index is 0.0444. The van der Waals surface area contributed by atoms with E-state index in [1.807, 2.05) is 0 Å². The van der Waals surface area contributed by atoms with Gasteiger partial charge in [-0.2, -0.15) is 0 Å². The third kappa shape index (κ3) is 11.1. The molecule has 0 aliphatic carbocycles. The Morgan fingerprint density at radius 2 is 1.28 bits per heavy atom. The van der Waals surface area contributed by atoms with Crippen molar-refractivity contribution in [2.24, 2.45) is 0 Å². The molecule has 0 aromatic carbocycles. The molecule has 2 atom stereocenters. The molecule has 2 N–H and O–H groups in total. The first kappa shape index (κ1) is 16.6. The molecule has 0 fully saturated rings. The molecule has 0 amide bonds. The van der Waals surface area contributed by atoms with Gasteiger partial charge in [-0.1, -0.05) is 0 Å². The van der Waals surface area contributed by atoms with Gasteiger partial charge in [0.25, 0.3) is 0 Å². The first-order chi connectivity index (χ1) is 8.41. The van der Waals surface area contributed by atoms with Crippen LogP contribution in [-0.2, 0) is 19.1 Å². The van der Waals surface area contributed by atoms with E-state index in [-0.39, 0.29) is 26.1 Å². The minimum Gasteiger partial charge on any atom is -0.461 e. The van der Waals surface area contributed by atoms with E-state index in [4.69, 9.17) is 19.7 Å². The van der Waals surface area contributed by atoms with Crippen LogP contribution in [0, 0.1) is 0 Å². The molecular formula is C12H20O6. The fourth-order valence-corrected chi connectivity index (χ4v) is 1.02. The van der Waals surface area contributed by atoms with Gasteiger partial charge in [0.05, 0.1) is 25.0 Å². The Morgan fingerprint density at radius 3 is 1.56 bits per heavy atom. The van der Waals surface area contributed by atoms with Gasteiger partial charge < -0.3 is 19.7 Å². The standard InChI is InChI=1S/C12H20O6/c1-9(13)7-11(15)17-5-3-4-6-18-12(16)8-10(2)14/h3-4,9-10,13-14H,5-8H2,1-2H3. The van der Waals surface area contributed by atoms with Crippen LogP contribution in [0.15, 0.2) is 12.2 Å². The van der Waals surface area contributed by atoms with E-state index in [0.29, 0.717) is 0 Å². The molecule has 6 nitrogen and oxygen atoms in total. The van der Waals surface area contributed by atoms with Crippen LogP contribution in [0.25, 0.3) is 0 Å². The average molecular weight is 260 g/mol. The normalized spacial score (nSPS) is 14.2. The highest BCUT2D eigenvalue weighted by Gasteiger charge is 2.06.